The van der Waals surface area contributed by atoms with Gasteiger partial charge in [-0.05, 0) is 73.5 Å². The van der Waals surface area contributed by atoms with Crippen LogP contribution in [0.1, 0.15) is 143 Å². The van der Waals surface area contributed by atoms with Crippen molar-refractivity contribution in [1.29, 1.82) is 0 Å². The molecule has 0 N–H and O–H groups in total. The van der Waals surface area contributed by atoms with Crippen LogP contribution in [0, 0.1) is 10.1 Å². The smallest absolute Gasteiger partial charge is 0.343 e. The van der Waals surface area contributed by atoms with E-state index >= 15 is 0 Å². The highest BCUT2D eigenvalue weighted by Crippen LogP contribution is 2.29. The van der Waals surface area contributed by atoms with E-state index in [1.54, 1.807) is 18.2 Å². The van der Waals surface area contributed by atoms with Gasteiger partial charge in [-0.2, -0.15) is 0 Å². The molecule has 0 aliphatic carbocycles. The van der Waals surface area contributed by atoms with Crippen molar-refractivity contribution >= 4 is 23.5 Å². The number of ketones is 1. The summed E-state index contributed by atoms with van der Waals surface area (Å²) in [7, 11) is 0. The van der Waals surface area contributed by atoms with Gasteiger partial charge < -0.3 is 14.2 Å². The van der Waals surface area contributed by atoms with Crippen LogP contribution >= 0.6 is 0 Å². The first-order valence-electron chi connectivity index (χ1n) is 18.6. The van der Waals surface area contributed by atoms with E-state index in [2.05, 4.69) is 6.92 Å². The zero-order chi connectivity index (χ0) is 35.8. The number of benzene rings is 3. The lowest BCUT2D eigenvalue weighted by Crippen LogP contribution is -2.10. The Labute approximate surface area is 298 Å². The molecule has 0 aliphatic rings. The Balaban J connectivity index is 1.32. The molecular weight excluding hydrogens is 630 g/mol. The van der Waals surface area contributed by atoms with E-state index in [-0.39, 0.29) is 16.9 Å². The molecule has 0 saturated carbocycles. The zero-order valence-corrected chi connectivity index (χ0v) is 30.0. The maximum atomic E-state index is 12.8. The highest BCUT2D eigenvalue weighted by molar-refractivity contribution is 6.07. The van der Waals surface area contributed by atoms with Crippen molar-refractivity contribution in [2.24, 2.45) is 0 Å². The van der Waals surface area contributed by atoms with E-state index in [1.165, 1.54) is 127 Å². The Morgan fingerprint density at radius 2 is 1.14 bits per heavy atom. The van der Waals surface area contributed by atoms with Gasteiger partial charge >= 0.3 is 11.7 Å². The van der Waals surface area contributed by atoms with E-state index in [4.69, 9.17) is 14.2 Å². The van der Waals surface area contributed by atoms with Crippen molar-refractivity contribution in [2.75, 3.05) is 13.2 Å². The molecule has 8 heteroatoms. The number of allylic oxidation sites excluding steroid dienone is 1. The Bertz CT molecular complexity index is 1460. The molecule has 0 unspecified atom stereocenters. The molecule has 0 aromatic heterocycles. The molecule has 0 saturated heterocycles. The topological polar surface area (TPSA) is 105 Å². The number of unbranched alkanes of at least 4 members (excludes halogenated alkanes) is 15. The first kappa shape index (κ1) is 40.0. The lowest BCUT2D eigenvalue weighted by atomic mass is 10.0. The van der Waals surface area contributed by atoms with Gasteiger partial charge in [0.05, 0.1) is 23.7 Å². The van der Waals surface area contributed by atoms with Crippen molar-refractivity contribution in [3.8, 4) is 17.2 Å². The summed E-state index contributed by atoms with van der Waals surface area (Å²) < 4.78 is 16.6. The number of rotatable bonds is 26. The summed E-state index contributed by atoms with van der Waals surface area (Å²) >= 11 is 0. The number of hydrogen-bond acceptors (Lipinski definition) is 7. The van der Waals surface area contributed by atoms with Gasteiger partial charge in [-0.25, -0.2) is 4.79 Å². The highest BCUT2D eigenvalue weighted by Gasteiger charge is 2.21. The number of nitro groups is 1. The highest BCUT2D eigenvalue weighted by atomic mass is 16.6. The summed E-state index contributed by atoms with van der Waals surface area (Å²) in [5.41, 5.74) is 0.632. The van der Waals surface area contributed by atoms with Crippen molar-refractivity contribution in [1.82, 2.24) is 0 Å². The standard InChI is InChI=1S/C42H55NO7/c1-3-5-6-7-8-9-10-11-12-13-14-15-16-17-18-19-32-49-38-26-20-34(21-27-38)22-30-40(44)36-25-31-41(39(33-36)43(46)47)50-42(45)35-23-28-37(29-24-35)48-4-2/h20-31,33H,3-19,32H2,1-2H3/b30-22+. The molecular formula is C42H55NO7. The van der Waals surface area contributed by atoms with Crippen LogP contribution in [0.5, 0.6) is 17.2 Å². The fraction of sp³-hybridized carbons (Fsp3) is 0.476. The normalized spacial score (nSPS) is 11.1. The largest absolute Gasteiger partial charge is 0.494 e. The molecule has 50 heavy (non-hydrogen) atoms. The minimum absolute atomic E-state index is 0.104. The van der Waals surface area contributed by atoms with Crippen LogP contribution in [-0.2, 0) is 0 Å². The predicted molar refractivity (Wildman–Crippen MR) is 201 cm³/mol. The summed E-state index contributed by atoms with van der Waals surface area (Å²) in [6.07, 6.45) is 24.4. The number of nitrogens with zero attached hydrogens (tertiary/aromatic N) is 1. The second kappa shape index (κ2) is 23.8. The number of ether oxygens (including phenoxy) is 3. The zero-order valence-electron chi connectivity index (χ0n) is 30.0. The van der Waals surface area contributed by atoms with E-state index in [0.29, 0.717) is 19.0 Å². The Kier molecular flexibility index (Phi) is 19.0. The van der Waals surface area contributed by atoms with Gasteiger partial charge in [0, 0.05) is 11.6 Å². The minimum atomic E-state index is -0.757. The number of carbonyl (C=O) groups excluding carboxylic acids is 2. The van der Waals surface area contributed by atoms with Gasteiger partial charge in [0.1, 0.15) is 11.5 Å². The number of nitro benzene ring substituents is 1. The van der Waals surface area contributed by atoms with E-state index in [1.807, 2.05) is 31.2 Å². The van der Waals surface area contributed by atoms with Crippen LogP contribution in [0.2, 0.25) is 0 Å². The Hall–Kier alpha value is -4.46. The maximum absolute atomic E-state index is 12.8. The van der Waals surface area contributed by atoms with Crippen molar-refractivity contribution < 1.29 is 28.7 Å². The average molecular weight is 686 g/mol. The Morgan fingerprint density at radius 3 is 1.68 bits per heavy atom. The van der Waals surface area contributed by atoms with Gasteiger partial charge in [0.25, 0.3) is 0 Å². The lowest BCUT2D eigenvalue weighted by Gasteiger charge is -2.07. The summed E-state index contributed by atoms with van der Waals surface area (Å²) in [6, 6.07) is 17.5. The molecule has 3 rings (SSSR count). The van der Waals surface area contributed by atoms with Crippen LogP contribution in [0.25, 0.3) is 6.08 Å². The fourth-order valence-corrected chi connectivity index (χ4v) is 5.70. The minimum Gasteiger partial charge on any atom is -0.494 e. The monoisotopic (exact) mass is 685 g/mol. The fourth-order valence-electron chi connectivity index (χ4n) is 5.70. The molecule has 0 spiro atoms. The molecule has 0 heterocycles. The molecule has 0 fully saturated rings. The second-order valence-corrected chi connectivity index (χ2v) is 12.7. The summed E-state index contributed by atoms with van der Waals surface area (Å²) in [4.78, 5) is 36.5. The third-order valence-electron chi connectivity index (χ3n) is 8.62. The molecule has 0 bridgehead atoms. The van der Waals surface area contributed by atoms with Crippen molar-refractivity contribution in [3.05, 3.63) is 99.6 Å². The van der Waals surface area contributed by atoms with Gasteiger partial charge in [-0.15, -0.1) is 0 Å². The molecule has 0 atom stereocenters. The van der Waals surface area contributed by atoms with Crippen molar-refractivity contribution in [3.63, 3.8) is 0 Å². The third-order valence-corrected chi connectivity index (χ3v) is 8.62. The molecule has 3 aromatic carbocycles. The van der Waals surface area contributed by atoms with Gasteiger partial charge in [-0.1, -0.05) is 121 Å². The van der Waals surface area contributed by atoms with Crippen LogP contribution in [0.4, 0.5) is 5.69 Å². The van der Waals surface area contributed by atoms with E-state index < -0.39 is 22.4 Å². The molecule has 3 aromatic rings. The molecule has 8 nitrogen and oxygen atoms in total. The van der Waals surface area contributed by atoms with Crippen molar-refractivity contribution in [2.45, 2.75) is 117 Å². The van der Waals surface area contributed by atoms with Gasteiger partial charge in [-0.3, -0.25) is 14.9 Å². The van der Waals surface area contributed by atoms with Crippen LogP contribution in [0.15, 0.2) is 72.8 Å². The van der Waals surface area contributed by atoms with Crippen LogP contribution < -0.4 is 14.2 Å². The lowest BCUT2D eigenvalue weighted by molar-refractivity contribution is -0.385. The summed E-state index contributed by atoms with van der Waals surface area (Å²) in [5.74, 6) is -0.0464. The third kappa shape index (κ3) is 15.4. The van der Waals surface area contributed by atoms with E-state index in [9.17, 15) is 19.7 Å². The second-order valence-electron chi connectivity index (χ2n) is 12.7. The molecule has 270 valence electrons. The first-order valence-corrected chi connectivity index (χ1v) is 18.6. The SMILES string of the molecule is CCCCCCCCCCCCCCCCCCOc1ccc(/C=C/C(=O)c2ccc(OC(=O)c3ccc(OCC)cc3)c([N+](=O)[O-])c2)cc1. The first-order chi connectivity index (χ1) is 24.4. The Morgan fingerprint density at radius 1 is 0.640 bits per heavy atom. The molecule has 0 amide bonds. The average Bonchev–Trinajstić information content (AvgIpc) is 3.13. The predicted octanol–water partition coefficient (Wildman–Crippen LogP) is 11.7. The van der Waals surface area contributed by atoms with Gasteiger partial charge in [0.2, 0.25) is 5.75 Å². The van der Waals surface area contributed by atoms with Crippen LogP contribution in [-0.4, -0.2) is 29.9 Å². The van der Waals surface area contributed by atoms with Crippen LogP contribution in [0.3, 0.4) is 0 Å². The summed E-state index contributed by atoms with van der Waals surface area (Å²) in [6.45, 7) is 5.28. The number of carbonyl (C=O) groups is 2. The number of esters is 1. The number of hydrogen-bond donors (Lipinski definition) is 0. The van der Waals surface area contributed by atoms with E-state index in [0.717, 1.165) is 23.8 Å². The summed E-state index contributed by atoms with van der Waals surface area (Å²) in [5, 5.41) is 11.7. The van der Waals surface area contributed by atoms with Gasteiger partial charge in [0.15, 0.2) is 5.78 Å². The quantitative estimate of drug-likeness (QED) is 0.0157. The molecule has 0 radical (unpaired) electrons. The maximum Gasteiger partial charge on any atom is 0.343 e. The molecule has 0 aliphatic heterocycles.